The Kier molecular flexibility index (Phi) is 5.66. The summed E-state index contributed by atoms with van der Waals surface area (Å²) in [6, 6.07) is 15.2. The van der Waals surface area contributed by atoms with Crippen molar-refractivity contribution in [2.75, 3.05) is 45.4 Å². The molecule has 5 rings (SSSR count). The van der Waals surface area contributed by atoms with Crippen LogP contribution in [0.15, 0.2) is 59.2 Å². The highest BCUT2D eigenvalue weighted by Gasteiger charge is 2.26. The molecule has 8 heteroatoms. The molecule has 0 amide bonds. The lowest BCUT2D eigenvalue weighted by Crippen LogP contribution is -2.37. The Morgan fingerprint density at radius 2 is 1.73 bits per heavy atom. The topological polar surface area (TPSA) is 82.5 Å². The highest BCUT2D eigenvalue weighted by atomic mass is 16.6. The van der Waals surface area contributed by atoms with Crippen LogP contribution in [0.3, 0.4) is 0 Å². The second-order valence-electron chi connectivity index (χ2n) is 7.63. The summed E-state index contributed by atoms with van der Waals surface area (Å²) in [6.45, 7) is 2.72. The molecule has 0 spiro atoms. The molecule has 8 nitrogen and oxygen atoms in total. The van der Waals surface area contributed by atoms with Gasteiger partial charge >= 0.3 is 5.97 Å². The maximum atomic E-state index is 12.7. The van der Waals surface area contributed by atoms with Gasteiger partial charge in [0.05, 0.1) is 33.0 Å². The van der Waals surface area contributed by atoms with Gasteiger partial charge in [-0.05, 0) is 30.3 Å². The van der Waals surface area contributed by atoms with Crippen molar-refractivity contribution < 1.29 is 23.7 Å². The van der Waals surface area contributed by atoms with Crippen LogP contribution >= 0.6 is 0 Å². The minimum absolute atomic E-state index is 0.199. The molecule has 3 aromatic rings. The van der Waals surface area contributed by atoms with Crippen LogP contribution in [0.2, 0.25) is 0 Å². The molecule has 0 aliphatic carbocycles. The number of hydrogen-bond donors (Lipinski definition) is 0. The number of anilines is 1. The number of carbonyl (C=O) groups is 1. The van der Waals surface area contributed by atoms with Crippen LogP contribution in [0.5, 0.6) is 11.5 Å². The first-order valence-corrected chi connectivity index (χ1v) is 10.6. The number of aliphatic imine (C=N–C) groups is 1. The zero-order valence-corrected chi connectivity index (χ0v) is 18.4. The van der Waals surface area contributed by atoms with Gasteiger partial charge in [-0.15, -0.1) is 0 Å². The van der Waals surface area contributed by atoms with E-state index in [9.17, 15) is 4.79 Å². The van der Waals surface area contributed by atoms with Gasteiger partial charge in [-0.25, -0.2) is 14.8 Å². The van der Waals surface area contributed by atoms with Gasteiger partial charge in [-0.1, -0.05) is 18.2 Å². The molecule has 1 aromatic heterocycles. The van der Waals surface area contributed by atoms with Crippen molar-refractivity contribution in [3.63, 3.8) is 0 Å². The van der Waals surface area contributed by atoms with Crippen molar-refractivity contribution in [3.8, 4) is 11.5 Å². The van der Waals surface area contributed by atoms with Crippen LogP contribution in [0.4, 0.5) is 5.82 Å². The normalized spacial score (nSPS) is 17.3. The zero-order valence-electron chi connectivity index (χ0n) is 18.4. The summed E-state index contributed by atoms with van der Waals surface area (Å²) in [6.07, 6.45) is 1.73. The summed E-state index contributed by atoms with van der Waals surface area (Å²) >= 11 is 0. The Labute approximate surface area is 191 Å². The smallest absolute Gasteiger partial charge is 0.363 e. The number of aromatic nitrogens is 1. The number of nitrogens with zero attached hydrogens (tertiary/aromatic N) is 3. The molecule has 1 fully saturated rings. The van der Waals surface area contributed by atoms with Gasteiger partial charge in [-0.2, -0.15) is 0 Å². The van der Waals surface area contributed by atoms with Crippen molar-refractivity contribution in [1.82, 2.24) is 4.98 Å². The second kappa shape index (κ2) is 8.91. The third-order valence-electron chi connectivity index (χ3n) is 5.55. The number of hydrogen-bond acceptors (Lipinski definition) is 8. The molecule has 2 aliphatic heterocycles. The molecule has 0 atom stereocenters. The van der Waals surface area contributed by atoms with E-state index >= 15 is 0 Å². The lowest BCUT2D eigenvalue weighted by molar-refractivity contribution is -0.129. The fourth-order valence-corrected chi connectivity index (χ4v) is 3.87. The van der Waals surface area contributed by atoms with Crippen molar-refractivity contribution in [1.29, 1.82) is 0 Å². The Morgan fingerprint density at radius 1 is 1.00 bits per heavy atom. The maximum absolute atomic E-state index is 12.7. The number of fused-ring (bicyclic) bond motifs is 1. The number of cyclic esters (lactones) is 1. The summed E-state index contributed by atoms with van der Waals surface area (Å²) in [7, 11) is 3.12. The summed E-state index contributed by atoms with van der Waals surface area (Å²) in [5, 5.41) is 0.981. The molecular formula is C25H23N3O5. The van der Waals surface area contributed by atoms with E-state index in [0.29, 0.717) is 30.3 Å². The van der Waals surface area contributed by atoms with Gasteiger partial charge in [-0.3, -0.25) is 0 Å². The monoisotopic (exact) mass is 445 g/mol. The number of rotatable bonds is 5. The molecule has 0 bridgehead atoms. The Balaban J connectivity index is 1.57. The van der Waals surface area contributed by atoms with Crippen LogP contribution < -0.4 is 14.4 Å². The minimum atomic E-state index is -0.520. The minimum Gasteiger partial charge on any atom is -0.497 e. The van der Waals surface area contributed by atoms with Crippen molar-refractivity contribution in [3.05, 3.63) is 65.4 Å². The quantitative estimate of drug-likeness (QED) is 0.440. The molecule has 33 heavy (non-hydrogen) atoms. The zero-order chi connectivity index (χ0) is 22.8. The third kappa shape index (κ3) is 4.25. The van der Waals surface area contributed by atoms with Gasteiger partial charge in [0, 0.05) is 35.7 Å². The predicted molar refractivity (Wildman–Crippen MR) is 125 cm³/mol. The van der Waals surface area contributed by atoms with Crippen LogP contribution in [0, 0.1) is 0 Å². The molecule has 0 radical (unpaired) electrons. The molecule has 2 aromatic carbocycles. The largest absolute Gasteiger partial charge is 0.497 e. The Bertz CT molecular complexity index is 1260. The van der Waals surface area contributed by atoms with Crippen LogP contribution in [0.1, 0.15) is 11.1 Å². The highest BCUT2D eigenvalue weighted by molar-refractivity contribution is 6.13. The number of benzene rings is 2. The van der Waals surface area contributed by atoms with E-state index in [1.807, 2.05) is 30.3 Å². The molecular weight excluding hydrogens is 422 g/mol. The molecule has 3 heterocycles. The van der Waals surface area contributed by atoms with E-state index in [1.54, 1.807) is 38.5 Å². The average Bonchev–Trinajstić information content (AvgIpc) is 3.23. The van der Waals surface area contributed by atoms with Gasteiger partial charge in [0.1, 0.15) is 17.3 Å². The number of para-hydroxylation sites is 1. The highest BCUT2D eigenvalue weighted by Crippen LogP contribution is 2.30. The van der Waals surface area contributed by atoms with Gasteiger partial charge in [0.25, 0.3) is 0 Å². The third-order valence-corrected chi connectivity index (χ3v) is 5.55. The molecule has 0 N–H and O–H groups in total. The van der Waals surface area contributed by atoms with E-state index in [2.05, 4.69) is 9.89 Å². The first-order valence-electron chi connectivity index (χ1n) is 10.6. The number of methoxy groups -OCH3 is 2. The summed E-state index contributed by atoms with van der Waals surface area (Å²) < 4.78 is 21.6. The first kappa shape index (κ1) is 21.0. The van der Waals surface area contributed by atoms with Crippen LogP contribution in [-0.2, 0) is 14.3 Å². The number of esters is 1. The average molecular weight is 445 g/mol. The van der Waals surface area contributed by atoms with Crippen molar-refractivity contribution in [2.24, 2.45) is 4.99 Å². The van der Waals surface area contributed by atoms with E-state index < -0.39 is 5.97 Å². The molecule has 0 saturated carbocycles. The summed E-state index contributed by atoms with van der Waals surface area (Å²) in [4.78, 5) is 24.2. The first-order chi connectivity index (χ1) is 16.1. The van der Waals surface area contributed by atoms with E-state index in [4.69, 9.17) is 23.9 Å². The van der Waals surface area contributed by atoms with E-state index in [0.717, 1.165) is 35.4 Å². The van der Waals surface area contributed by atoms with Gasteiger partial charge in [0.2, 0.25) is 5.90 Å². The number of morpholine rings is 1. The second-order valence-corrected chi connectivity index (χ2v) is 7.63. The van der Waals surface area contributed by atoms with Crippen molar-refractivity contribution >= 4 is 34.7 Å². The predicted octanol–water partition coefficient (Wildman–Crippen LogP) is 3.43. The van der Waals surface area contributed by atoms with Gasteiger partial charge < -0.3 is 23.8 Å². The molecule has 2 aliphatic rings. The van der Waals surface area contributed by atoms with E-state index in [1.165, 1.54) is 0 Å². The number of carbonyl (C=O) groups excluding carboxylic acids is 1. The fraction of sp³-hybridized carbons (Fsp3) is 0.240. The van der Waals surface area contributed by atoms with Gasteiger partial charge in [0.15, 0.2) is 5.70 Å². The molecule has 1 saturated heterocycles. The molecule has 0 unspecified atom stereocenters. The van der Waals surface area contributed by atoms with E-state index in [-0.39, 0.29) is 11.6 Å². The number of ether oxygens (including phenoxy) is 4. The van der Waals surface area contributed by atoms with Crippen LogP contribution in [-0.4, -0.2) is 57.4 Å². The summed E-state index contributed by atoms with van der Waals surface area (Å²) in [5.74, 6) is 1.63. The Morgan fingerprint density at radius 3 is 2.45 bits per heavy atom. The summed E-state index contributed by atoms with van der Waals surface area (Å²) in [5.41, 5.74) is 2.49. The Hall–Kier alpha value is -3.91. The number of pyridine rings is 1. The maximum Gasteiger partial charge on any atom is 0.363 e. The van der Waals surface area contributed by atoms with Crippen LogP contribution in [0.25, 0.3) is 17.0 Å². The standard InChI is InChI=1S/C25H23N3O5/c1-30-19-12-18(13-20(15-19)31-2)24-27-22(25(29)33-24)14-17-11-16-5-3-4-6-21(16)26-23(17)28-7-9-32-10-8-28/h3-6,11-15H,7-10H2,1-2H3/b22-14-. The fourth-order valence-electron chi connectivity index (χ4n) is 3.87. The van der Waals surface area contributed by atoms with Crippen molar-refractivity contribution in [2.45, 2.75) is 0 Å². The SMILES string of the molecule is COc1cc(OC)cc(C2=N/C(=C\c3cc4ccccc4nc3N3CCOCC3)C(=O)O2)c1. The lowest BCUT2D eigenvalue weighted by Gasteiger charge is -2.29. The lowest BCUT2D eigenvalue weighted by atomic mass is 10.1. The molecule has 168 valence electrons.